The molecule has 0 radical (unpaired) electrons. The van der Waals surface area contributed by atoms with E-state index in [0.29, 0.717) is 47.2 Å². The van der Waals surface area contributed by atoms with Gasteiger partial charge in [-0.15, -0.1) is 0 Å². The molecule has 2 aromatic heterocycles. The van der Waals surface area contributed by atoms with Gasteiger partial charge in [0.15, 0.2) is 11.4 Å². The number of hydrogen-bond acceptors (Lipinski definition) is 9. The molecule has 0 aliphatic carbocycles. The highest BCUT2D eigenvalue weighted by Gasteiger charge is 2.30. The lowest BCUT2D eigenvalue weighted by molar-refractivity contribution is -0.137. The first-order valence-electron chi connectivity index (χ1n) is 13.5. The number of ether oxygens (including phenoxy) is 1. The van der Waals surface area contributed by atoms with Crippen molar-refractivity contribution in [2.24, 2.45) is 0 Å². The van der Waals surface area contributed by atoms with Crippen LogP contribution in [0.2, 0.25) is 0 Å². The van der Waals surface area contributed by atoms with Crippen molar-refractivity contribution in [1.82, 2.24) is 24.9 Å². The average Bonchev–Trinajstić information content (AvgIpc) is 3.64. The molecule has 1 N–H and O–H groups in total. The molecule has 1 saturated heterocycles. The van der Waals surface area contributed by atoms with Gasteiger partial charge in [0.1, 0.15) is 24.0 Å². The van der Waals surface area contributed by atoms with Crippen molar-refractivity contribution in [2.45, 2.75) is 18.8 Å². The largest absolute Gasteiger partial charge is 0.491 e. The van der Waals surface area contributed by atoms with Crippen LogP contribution in [-0.2, 0) is 12.7 Å². The molecule has 9 nitrogen and oxygen atoms in total. The predicted octanol–water partition coefficient (Wildman–Crippen LogP) is 5.12. The Kier molecular flexibility index (Phi) is 7.92. The van der Waals surface area contributed by atoms with E-state index in [2.05, 4.69) is 24.9 Å². The van der Waals surface area contributed by atoms with Crippen LogP contribution in [0, 0.1) is 0 Å². The van der Waals surface area contributed by atoms with Gasteiger partial charge >= 0.3 is 6.18 Å². The number of β-amino-alcohol motifs (C(OH)–C–C–N with tert-alkyl or cyclic N) is 1. The van der Waals surface area contributed by atoms with E-state index in [1.807, 2.05) is 36.4 Å². The molecule has 0 saturated carbocycles. The minimum Gasteiger partial charge on any atom is -0.491 e. The van der Waals surface area contributed by atoms with Gasteiger partial charge in [0.2, 0.25) is 5.89 Å². The SMILES string of the molecule is OC(COc1ccc2oc(-c3ccccc3)nc2c1)CN1CCN(Cc2noc(-c3ccc(C(F)(F)F)cc3)n2)CC1. The highest BCUT2D eigenvalue weighted by Crippen LogP contribution is 2.31. The lowest BCUT2D eigenvalue weighted by Gasteiger charge is -2.34. The molecule has 1 aliphatic heterocycles. The third kappa shape index (κ3) is 6.62. The molecule has 1 unspecified atom stereocenters. The number of aliphatic hydroxyl groups is 1. The Bertz CT molecular complexity index is 1610. The van der Waals surface area contributed by atoms with Gasteiger partial charge in [-0.3, -0.25) is 9.80 Å². The Balaban J connectivity index is 0.950. The third-order valence-electron chi connectivity index (χ3n) is 7.05. The number of oxazole rings is 1. The van der Waals surface area contributed by atoms with Gasteiger partial charge in [-0.25, -0.2) is 4.98 Å². The van der Waals surface area contributed by atoms with Crippen molar-refractivity contribution in [3.8, 4) is 28.7 Å². The van der Waals surface area contributed by atoms with Gasteiger partial charge < -0.3 is 18.8 Å². The van der Waals surface area contributed by atoms with Gasteiger partial charge in [-0.05, 0) is 48.5 Å². The molecular formula is C30H28F3N5O4. The normalized spacial score (nSPS) is 15.7. The van der Waals surface area contributed by atoms with E-state index in [-0.39, 0.29) is 12.5 Å². The van der Waals surface area contributed by atoms with Crippen molar-refractivity contribution in [2.75, 3.05) is 39.3 Å². The first-order valence-corrected chi connectivity index (χ1v) is 13.5. The maximum Gasteiger partial charge on any atom is 0.416 e. The third-order valence-corrected chi connectivity index (χ3v) is 7.05. The summed E-state index contributed by atoms with van der Waals surface area (Å²) >= 11 is 0. The van der Waals surface area contributed by atoms with E-state index in [0.717, 1.165) is 43.9 Å². The standard InChI is InChI=1S/C30H28F3N5O4/c31-30(32,33)22-8-6-21(7-9-22)29-35-27(36-42-29)18-38-14-12-37(13-15-38)17-23(39)19-40-24-10-11-26-25(16-24)34-28(41-26)20-4-2-1-3-5-20/h1-11,16,23,39H,12-15,17-19H2. The molecule has 218 valence electrons. The fraction of sp³-hybridized carbons (Fsp3) is 0.300. The molecule has 3 aromatic carbocycles. The summed E-state index contributed by atoms with van der Waals surface area (Å²) in [7, 11) is 0. The van der Waals surface area contributed by atoms with Gasteiger partial charge in [0.05, 0.1) is 12.1 Å². The summed E-state index contributed by atoms with van der Waals surface area (Å²) in [4.78, 5) is 13.2. The Morgan fingerprint density at radius 3 is 2.31 bits per heavy atom. The van der Waals surface area contributed by atoms with E-state index in [1.165, 1.54) is 12.1 Å². The summed E-state index contributed by atoms with van der Waals surface area (Å²) in [5.74, 6) is 1.79. The van der Waals surface area contributed by atoms with Crippen LogP contribution in [0.25, 0.3) is 34.0 Å². The topological polar surface area (TPSA) is 101 Å². The van der Waals surface area contributed by atoms with Crippen LogP contribution in [0.15, 0.2) is 81.7 Å². The summed E-state index contributed by atoms with van der Waals surface area (Å²) in [5.41, 5.74) is 1.94. The van der Waals surface area contributed by atoms with Crippen molar-refractivity contribution in [3.63, 3.8) is 0 Å². The molecule has 0 spiro atoms. The highest BCUT2D eigenvalue weighted by atomic mass is 19.4. The summed E-state index contributed by atoms with van der Waals surface area (Å²) in [6.45, 7) is 4.04. The van der Waals surface area contributed by atoms with Crippen molar-refractivity contribution < 1.29 is 32.0 Å². The first kappa shape index (κ1) is 27.9. The van der Waals surface area contributed by atoms with Gasteiger partial charge in [-0.1, -0.05) is 23.4 Å². The Morgan fingerprint density at radius 1 is 0.857 bits per heavy atom. The molecule has 6 rings (SSSR count). The smallest absolute Gasteiger partial charge is 0.416 e. The quantitative estimate of drug-likeness (QED) is 0.255. The minimum atomic E-state index is -4.40. The van der Waals surface area contributed by atoms with Crippen LogP contribution in [0.3, 0.4) is 0 Å². The van der Waals surface area contributed by atoms with E-state index in [1.54, 1.807) is 12.1 Å². The molecule has 5 aromatic rings. The highest BCUT2D eigenvalue weighted by molar-refractivity contribution is 5.77. The number of aromatic nitrogens is 3. The van der Waals surface area contributed by atoms with Crippen LogP contribution in [0.1, 0.15) is 11.4 Å². The van der Waals surface area contributed by atoms with Crippen LogP contribution < -0.4 is 4.74 Å². The number of hydrogen-bond donors (Lipinski definition) is 1. The number of rotatable bonds is 9. The van der Waals surface area contributed by atoms with E-state index in [4.69, 9.17) is 13.7 Å². The summed E-state index contributed by atoms with van der Waals surface area (Å²) in [6.07, 6.45) is -5.07. The zero-order chi connectivity index (χ0) is 29.1. The van der Waals surface area contributed by atoms with E-state index in [9.17, 15) is 18.3 Å². The number of benzene rings is 3. The van der Waals surface area contributed by atoms with Crippen LogP contribution in [0.5, 0.6) is 5.75 Å². The molecule has 3 heterocycles. The molecular weight excluding hydrogens is 551 g/mol. The number of alkyl halides is 3. The molecule has 42 heavy (non-hydrogen) atoms. The lowest BCUT2D eigenvalue weighted by Crippen LogP contribution is -2.48. The van der Waals surface area contributed by atoms with Crippen LogP contribution in [0.4, 0.5) is 13.2 Å². The molecule has 1 aliphatic rings. The van der Waals surface area contributed by atoms with Crippen molar-refractivity contribution in [1.29, 1.82) is 0 Å². The number of piperazine rings is 1. The second-order valence-electron chi connectivity index (χ2n) is 10.1. The van der Waals surface area contributed by atoms with Crippen molar-refractivity contribution in [3.05, 3.63) is 84.2 Å². The number of aliphatic hydroxyl groups excluding tert-OH is 1. The van der Waals surface area contributed by atoms with Gasteiger partial charge in [0.25, 0.3) is 5.89 Å². The zero-order valence-electron chi connectivity index (χ0n) is 22.5. The van der Waals surface area contributed by atoms with Gasteiger partial charge in [-0.2, -0.15) is 18.2 Å². The number of nitrogens with zero attached hydrogens (tertiary/aromatic N) is 5. The summed E-state index contributed by atoms with van der Waals surface area (Å²) in [5, 5.41) is 14.6. The predicted molar refractivity (Wildman–Crippen MR) is 147 cm³/mol. The molecule has 0 bridgehead atoms. The molecule has 1 atom stereocenters. The second kappa shape index (κ2) is 11.9. The molecule has 12 heteroatoms. The van der Waals surface area contributed by atoms with Crippen LogP contribution in [-0.4, -0.2) is 75.5 Å². The Labute approximate surface area is 239 Å². The maximum atomic E-state index is 12.8. The number of fused-ring (bicyclic) bond motifs is 1. The lowest BCUT2D eigenvalue weighted by atomic mass is 10.1. The molecule has 0 amide bonds. The fourth-order valence-corrected chi connectivity index (χ4v) is 4.81. The van der Waals surface area contributed by atoms with E-state index < -0.39 is 17.8 Å². The van der Waals surface area contributed by atoms with Gasteiger partial charge in [0, 0.05) is 49.9 Å². The maximum absolute atomic E-state index is 12.8. The molecule has 1 fully saturated rings. The second-order valence-corrected chi connectivity index (χ2v) is 10.1. The minimum absolute atomic E-state index is 0.144. The fourth-order valence-electron chi connectivity index (χ4n) is 4.81. The Hall–Kier alpha value is -4.26. The average molecular weight is 580 g/mol. The monoisotopic (exact) mass is 579 g/mol. The summed E-state index contributed by atoms with van der Waals surface area (Å²) in [6, 6.07) is 19.7. The van der Waals surface area contributed by atoms with Crippen LogP contribution >= 0.6 is 0 Å². The van der Waals surface area contributed by atoms with E-state index >= 15 is 0 Å². The first-order chi connectivity index (χ1) is 20.3. The summed E-state index contributed by atoms with van der Waals surface area (Å²) < 4.78 is 55.4. The van der Waals surface area contributed by atoms with Crippen molar-refractivity contribution >= 4 is 11.1 Å². The Morgan fingerprint density at radius 2 is 1.57 bits per heavy atom. The zero-order valence-corrected chi connectivity index (χ0v) is 22.5. The number of halogens is 3.